The molecule has 0 fully saturated rings. The minimum atomic E-state index is -0.423. The summed E-state index contributed by atoms with van der Waals surface area (Å²) in [4.78, 5) is 34.7. The number of benzene rings is 2. The molecule has 2 heterocycles. The van der Waals surface area contributed by atoms with Crippen LogP contribution in [0.25, 0.3) is 10.2 Å². The van der Waals surface area contributed by atoms with Crippen molar-refractivity contribution in [2.45, 2.75) is 39.3 Å². The maximum absolute atomic E-state index is 13.7. The van der Waals surface area contributed by atoms with Crippen molar-refractivity contribution in [3.8, 4) is 0 Å². The lowest BCUT2D eigenvalue weighted by Crippen LogP contribution is -2.40. The molecular formula is C26H28ClN5O2S. The van der Waals surface area contributed by atoms with Crippen molar-refractivity contribution in [1.82, 2.24) is 18.8 Å². The van der Waals surface area contributed by atoms with Crippen LogP contribution >= 0.6 is 23.1 Å². The van der Waals surface area contributed by atoms with E-state index in [0.29, 0.717) is 64.8 Å². The highest BCUT2D eigenvalue weighted by molar-refractivity contribution is 7.12. The van der Waals surface area contributed by atoms with Gasteiger partial charge in [-0.15, -0.1) is 0 Å². The largest absolute Gasteiger partial charge is 0.330 e. The third kappa shape index (κ3) is 5.29. The second-order valence-electron chi connectivity index (χ2n) is 8.37. The number of nitrogens with two attached hydrogens (primary N) is 1. The molecule has 4 aromatic rings. The van der Waals surface area contributed by atoms with Crippen LogP contribution < -0.4 is 11.3 Å². The van der Waals surface area contributed by atoms with E-state index in [1.54, 1.807) is 33.7 Å². The maximum atomic E-state index is 13.7. The summed E-state index contributed by atoms with van der Waals surface area (Å²) in [5, 5.41) is 1.09. The van der Waals surface area contributed by atoms with Gasteiger partial charge >= 0.3 is 0 Å². The molecule has 1 atom stereocenters. The fourth-order valence-corrected chi connectivity index (χ4v) is 5.12. The first-order valence-electron chi connectivity index (χ1n) is 11.6. The predicted octanol–water partition coefficient (Wildman–Crippen LogP) is 4.81. The first-order valence-corrected chi connectivity index (χ1v) is 12.8. The van der Waals surface area contributed by atoms with Crippen molar-refractivity contribution in [3.63, 3.8) is 0 Å². The summed E-state index contributed by atoms with van der Waals surface area (Å²) >= 11 is 7.25. The van der Waals surface area contributed by atoms with Crippen LogP contribution in [-0.4, -0.2) is 37.8 Å². The molecule has 0 aliphatic rings. The number of carbonyl (C=O) groups is 1. The van der Waals surface area contributed by atoms with E-state index in [1.165, 1.54) is 11.5 Å². The Balaban J connectivity index is 1.86. The topological polar surface area (TPSA) is 94.1 Å². The average molecular weight is 510 g/mol. The molecular weight excluding hydrogens is 482 g/mol. The number of nitrogens with zero attached hydrogens (tertiary/aromatic N) is 4. The average Bonchev–Trinajstić information content (AvgIpc) is 3.25. The highest BCUT2D eigenvalue weighted by Crippen LogP contribution is 2.28. The van der Waals surface area contributed by atoms with Gasteiger partial charge in [-0.3, -0.25) is 14.2 Å². The lowest BCUT2D eigenvalue weighted by atomic mass is 10.1. The van der Waals surface area contributed by atoms with Crippen LogP contribution in [0.5, 0.6) is 0 Å². The molecule has 0 radical (unpaired) electrons. The van der Waals surface area contributed by atoms with Gasteiger partial charge in [-0.1, -0.05) is 48.9 Å². The molecule has 0 aliphatic heterocycles. The molecule has 0 spiro atoms. The molecule has 0 saturated heterocycles. The smallest absolute Gasteiger partial charge is 0.264 e. The standard InChI is InChI=1S/C26H28ClN5O2S/c1-3-21(31(15-7-14-28)25(33)19-10-12-20(27)13-11-19)23-29-24-22(17(2)30-35-24)26(34)32(23)16-18-8-5-4-6-9-18/h4-6,8-13,21H,3,7,14-16,28H2,1-2H3/t21-/m1/s1. The highest BCUT2D eigenvalue weighted by Gasteiger charge is 2.29. The summed E-state index contributed by atoms with van der Waals surface area (Å²) < 4.78 is 6.06. The van der Waals surface area contributed by atoms with Crippen LogP contribution in [0, 0.1) is 6.92 Å². The number of aryl methyl sites for hydroxylation is 1. The zero-order valence-corrected chi connectivity index (χ0v) is 21.4. The van der Waals surface area contributed by atoms with Crippen LogP contribution in [-0.2, 0) is 6.54 Å². The number of amides is 1. The predicted molar refractivity (Wildman–Crippen MR) is 141 cm³/mol. The van der Waals surface area contributed by atoms with Gasteiger partial charge in [0.05, 0.1) is 23.7 Å². The number of hydrogen-bond acceptors (Lipinski definition) is 6. The Hall–Kier alpha value is -3.07. The number of hydrogen-bond donors (Lipinski definition) is 1. The van der Waals surface area contributed by atoms with Crippen molar-refractivity contribution in [2.24, 2.45) is 5.73 Å². The first kappa shape index (κ1) is 25.0. The molecule has 182 valence electrons. The van der Waals surface area contributed by atoms with Gasteiger partial charge in [-0.05, 0) is 67.7 Å². The number of halogens is 1. The van der Waals surface area contributed by atoms with Crippen molar-refractivity contribution in [2.75, 3.05) is 13.1 Å². The number of aromatic nitrogens is 3. The van der Waals surface area contributed by atoms with Crippen LogP contribution in [0.2, 0.25) is 5.02 Å². The van der Waals surface area contributed by atoms with E-state index in [9.17, 15) is 9.59 Å². The summed E-state index contributed by atoms with van der Waals surface area (Å²) in [6.45, 7) is 5.05. The summed E-state index contributed by atoms with van der Waals surface area (Å²) in [5.41, 5.74) is 7.84. The Morgan fingerprint density at radius 2 is 1.89 bits per heavy atom. The van der Waals surface area contributed by atoms with Crippen LogP contribution in [0.4, 0.5) is 0 Å². The number of fused-ring (bicyclic) bond motifs is 1. The Kier molecular flexibility index (Phi) is 7.95. The van der Waals surface area contributed by atoms with Gasteiger partial charge < -0.3 is 10.6 Å². The SMILES string of the molecule is CC[C@H](c1nc2snc(C)c2c(=O)n1Cc1ccccc1)N(CCCN)C(=O)c1ccc(Cl)cc1. The number of rotatable bonds is 9. The van der Waals surface area contributed by atoms with E-state index in [1.807, 2.05) is 44.2 Å². The van der Waals surface area contributed by atoms with Gasteiger partial charge in [0.15, 0.2) is 4.83 Å². The van der Waals surface area contributed by atoms with Gasteiger partial charge in [0.25, 0.3) is 11.5 Å². The van der Waals surface area contributed by atoms with Crippen LogP contribution in [0.3, 0.4) is 0 Å². The number of carbonyl (C=O) groups excluding carboxylic acids is 1. The fourth-order valence-electron chi connectivity index (χ4n) is 4.22. The molecule has 0 aliphatic carbocycles. The van der Waals surface area contributed by atoms with E-state index < -0.39 is 6.04 Å². The third-order valence-electron chi connectivity index (χ3n) is 6.00. The minimum absolute atomic E-state index is 0.142. The van der Waals surface area contributed by atoms with Gasteiger partial charge in [0.1, 0.15) is 5.82 Å². The lowest BCUT2D eigenvalue weighted by Gasteiger charge is -2.32. The van der Waals surface area contributed by atoms with Crippen molar-refractivity contribution in [1.29, 1.82) is 0 Å². The molecule has 2 aromatic carbocycles. The zero-order chi connectivity index (χ0) is 24.9. The molecule has 2 N–H and O–H groups in total. The normalized spacial score (nSPS) is 12.1. The van der Waals surface area contributed by atoms with E-state index in [2.05, 4.69) is 4.37 Å². The van der Waals surface area contributed by atoms with Crippen molar-refractivity contribution >= 4 is 39.3 Å². The monoisotopic (exact) mass is 509 g/mol. The fraction of sp³-hybridized carbons (Fsp3) is 0.308. The van der Waals surface area contributed by atoms with E-state index >= 15 is 0 Å². The van der Waals surface area contributed by atoms with Crippen molar-refractivity contribution < 1.29 is 4.79 Å². The van der Waals surface area contributed by atoms with Gasteiger partial charge in [0, 0.05) is 17.1 Å². The molecule has 2 aromatic heterocycles. The minimum Gasteiger partial charge on any atom is -0.330 e. The lowest BCUT2D eigenvalue weighted by molar-refractivity contribution is 0.0656. The molecule has 1 amide bonds. The molecule has 0 bridgehead atoms. The Labute approximate surface area is 213 Å². The summed E-state index contributed by atoms with van der Waals surface area (Å²) in [7, 11) is 0. The molecule has 4 rings (SSSR count). The van der Waals surface area contributed by atoms with E-state index in [0.717, 1.165) is 5.56 Å². The second kappa shape index (κ2) is 11.1. The van der Waals surface area contributed by atoms with Gasteiger partial charge in [0.2, 0.25) is 0 Å². The molecule has 7 nitrogen and oxygen atoms in total. The summed E-state index contributed by atoms with van der Waals surface area (Å²) in [5.74, 6) is 0.403. The summed E-state index contributed by atoms with van der Waals surface area (Å²) in [6.07, 6.45) is 1.20. The first-order chi connectivity index (χ1) is 16.9. The Morgan fingerprint density at radius 3 is 2.54 bits per heavy atom. The highest BCUT2D eigenvalue weighted by atomic mass is 35.5. The quantitative estimate of drug-likeness (QED) is 0.349. The van der Waals surface area contributed by atoms with Crippen molar-refractivity contribution in [3.05, 3.63) is 92.6 Å². The van der Waals surface area contributed by atoms with Gasteiger partial charge in [-0.2, -0.15) is 4.37 Å². The Morgan fingerprint density at radius 1 is 1.17 bits per heavy atom. The van der Waals surface area contributed by atoms with E-state index in [-0.39, 0.29) is 11.5 Å². The third-order valence-corrected chi connectivity index (χ3v) is 7.08. The van der Waals surface area contributed by atoms with E-state index in [4.69, 9.17) is 22.3 Å². The Bertz CT molecular complexity index is 1370. The summed E-state index contributed by atoms with van der Waals surface area (Å²) in [6, 6.07) is 16.2. The molecule has 0 saturated carbocycles. The molecule has 9 heteroatoms. The van der Waals surface area contributed by atoms with Crippen LogP contribution in [0.15, 0.2) is 59.4 Å². The van der Waals surface area contributed by atoms with Gasteiger partial charge in [-0.25, -0.2) is 4.98 Å². The maximum Gasteiger partial charge on any atom is 0.264 e. The molecule has 0 unspecified atom stereocenters. The second-order valence-corrected chi connectivity index (χ2v) is 9.56. The van der Waals surface area contributed by atoms with Crippen LogP contribution in [0.1, 0.15) is 53.2 Å². The molecule has 35 heavy (non-hydrogen) atoms. The zero-order valence-electron chi connectivity index (χ0n) is 19.8.